The number of benzene rings is 2. The number of hydrogen-bond donors (Lipinski definition) is 3. The van der Waals surface area contributed by atoms with Crippen LogP contribution in [0.3, 0.4) is 0 Å². The van der Waals surface area contributed by atoms with Gasteiger partial charge < -0.3 is 21.7 Å². The van der Waals surface area contributed by atoms with Gasteiger partial charge in [0.1, 0.15) is 10.9 Å². The number of aromatic nitrogens is 1. The number of aryl methyl sites for hydroxylation is 1. The highest BCUT2D eigenvalue weighted by molar-refractivity contribution is 7.09. The highest BCUT2D eigenvalue weighted by atomic mass is 32.1. The van der Waals surface area contributed by atoms with Crippen molar-refractivity contribution >= 4 is 34.9 Å². The molecule has 9 heteroatoms. The summed E-state index contributed by atoms with van der Waals surface area (Å²) in [5.74, 6) is -1.66. The Morgan fingerprint density at radius 1 is 1.06 bits per heavy atom. The number of nitrogens with two attached hydrogens (primary N) is 2. The Morgan fingerprint density at radius 2 is 1.68 bits per heavy atom. The van der Waals surface area contributed by atoms with Crippen molar-refractivity contribution < 1.29 is 14.4 Å². The molecule has 0 aliphatic carbocycles. The lowest BCUT2D eigenvalue weighted by atomic mass is 9.99. The zero-order chi connectivity index (χ0) is 25.0. The molecule has 0 aliphatic heterocycles. The normalized spacial score (nSPS) is 12.1. The average molecular weight is 480 g/mol. The number of primary amides is 1. The first kappa shape index (κ1) is 24.9. The van der Waals surface area contributed by atoms with Crippen LogP contribution in [0.2, 0.25) is 0 Å². The van der Waals surface area contributed by atoms with Gasteiger partial charge in [-0.1, -0.05) is 60.2 Å². The van der Waals surface area contributed by atoms with Gasteiger partial charge in [0.15, 0.2) is 5.69 Å². The molecule has 0 saturated carbocycles. The van der Waals surface area contributed by atoms with Gasteiger partial charge in [0.2, 0.25) is 5.91 Å². The molecule has 0 spiro atoms. The quantitative estimate of drug-likeness (QED) is 0.478. The Morgan fingerprint density at radius 3 is 2.21 bits per heavy atom. The van der Waals surface area contributed by atoms with Gasteiger partial charge in [-0.3, -0.25) is 14.4 Å². The van der Waals surface area contributed by atoms with Gasteiger partial charge in [0, 0.05) is 12.1 Å². The van der Waals surface area contributed by atoms with Gasteiger partial charge in [0.05, 0.1) is 5.69 Å². The van der Waals surface area contributed by atoms with Crippen LogP contribution in [0.4, 0.5) is 5.69 Å². The number of amides is 3. The van der Waals surface area contributed by atoms with Crippen LogP contribution in [0.5, 0.6) is 0 Å². The molecule has 0 radical (unpaired) electrons. The zero-order valence-corrected chi connectivity index (χ0v) is 20.5. The van der Waals surface area contributed by atoms with Crippen LogP contribution in [0.1, 0.15) is 63.7 Å². The summed E-state index contributed by atoms with van der Waals surface area (Å²) in [5.41, 5.74) is 13.2. The molecular weight excluding hydrogens is 450 g/mol. The molecule has 3 amide bonds. The number of hydrogen-bond acceptors (Lipinski definition) is 6. The smallest absolute Gasteiger partial charge is 0.270 e. The van der Waals surface area contributed by atoms with E-state index in [9.17, 15) is 14.4 Å². The van der Waals surface area contributed by atoms with Crippen molar-refractivity contribution in [1.29, 1.82) is 0 Å². The summed E-state index contributed by atoms with van der Waals surface area (Å²) >= 11 is 0.793. The number of carbonyl (C=O) groups is 3. The van der Waals surface area contributed by atoms with Crippen molar-refractivity contribution in [3.05, 3.63) is 81.9 Å². The SMILES string of the molecule is Cc1ccc([C@H](C(=O)NC(C)(C)C)N(Cc2ccccc2)C(=O)c2snc(C(N)=O)c2N)cc1. The molecule has 8 nitrogen and oxygen atoms in total. The number of nitrogen functional groups attached to an aromatic ring is 1. The van der Waals surface area contributed by atoms with Gasteiger partial charge in [-0.2, -0.15) is 4.37 Å². The first-order chi connectivity index (χ1) is 16.0. The van der Waals surface area contributed by atoms with Crippen LogP contribution in [-0.4, -0.2) is 32.5 Å². The Balaban J connectivity index is 2.15. The second kappa shape index (κ2) is 10.0. The minimum absolute atomic E-state index is 0.0606. The molecule has 3 rings (SSSR count). The van der Waals surface area contributed by atoms with E-state index in [1.54, 1.807) is 0 Å². The third kappa shape index (κ3) is 5.79. The van der Waals surface area contributed by atoms with Crippen LogP contribution in [0.15, 0.2) is 54.6 Å². The van der Waals surface area contributed by atoms with Crippen LogP contribution in [0, 0.1) is 6.92 Å². The maximum Gasteiger partial charge on any atom is 0.270 e. The minimum atomic E-state index is -0.953. The van der Waals surface area contributed by atoms with Gasteiger partial charge >= 0.3 is 0 Å². The van der Waals surface area contributed by atoms with Gasteiger partial charge in [-0.25, -0.2) is 0 Å². The largest absolute Gasteiger partial charge is 0.395 e. The van der Waals surface area contributed by atoms with Gasteiger partial charge in [0.25, 0.3) is 11.8 Å². The standard InChI is InChI=1S/C25H29N5O3S/c1-15-10-12-17(13-11-15)20(23(32)28-25(2,3)4)30(14-16-8-6-5-7-9-16)24(33)21-18(26)19(22(27)31)29-34-21/h5-13,20H,14,26H2,1-4H3,(H2,27,31)(H,28,32)/t20-/m1/s1. The molecule has 178 valence electrons. The third-order valence-corrected chi connectivity index (χ3v) is 5.91. The molecule has 34 heavy (non-hydrogen) atoms. The topological polar surface area (TPSA) is 131 Å². The molecule has 1 heterocycles. The number of carbonyl (C=O) groups excluding carboxylic acids is 3. The summed E-state index contributed by atoms with van der Waals surface area (Å²) < 4.78 is 3.97. The second-order valence-corrected chi connectivity index (χ2v) is 9.88. The molecule has 1 atom stereocenters. The summed E-state index contributed by atoms with van der Waals surface area (Å²) in [5, 5.41) is 2.99. The van der Waals surface area contributed by atoms with Crippen LogP contribution in [-0.2, 0) is 11.3 Å². The van der Waals surface area contributed by atoms with E-state index in [0.29, 0.717) is 5.56 Å². The van der Waals surface area contributed by atoms with Gasteiger partial charge in [-0.05, 0) is 50.4 Å². The molecule has 0 saturated heterocycles. The molecular formula is C25H29N5O3S. The van der Waals surface area contributed by atoms with E-state index in [0.717, 1.165) is 22.7 Å². The van der Waals surface area contributed by atoms with Crippen LogP contribution >= 0.6 is 11.5 Å². The highest BCUT2D eigenvalue weighted by Crippen LogP contribution is 2.30. The number of rotatable bonds is 7. The van der Waals surface area contributed by atoms with Crippen molar-refractivity contribution in [3.8, 4) is 0 Å². The van der Waals surface area contributed by atoms with Crippen LogP contribution in [0.25, 0.3) is 0 Å². The highest BCUT2D eigenvalue weighted by Gasteiger charge is 2.36. The monoisotopic (exact) mass is 479 g/mol. The molecule has 1 aromatic heterocycles. The fraction of sp³-hybridized carbons (Fsp3) is 0.280. The summed E-state index contributed by atoms with van der Waals surface area (Å²) in [6.45, 7) is 7.71. The van der Waals surface area contributed by atoms with Crippen molar-refractivity contribution in [3.63, 3.8) is 0 Å². The molecule has 0 bridgehead atoms. The first-order valence-corrected chi connectivity index (χ1v) is 11.5. The zero-order valence-electron chi connectivity index (χ0n) is 19.7. The summed E-state index contributed by atoms with van der Waals surface area (Å²) in [4.78, 5) is 40.6. The van der Waals surface area contributed by atoms with E-state index in [2.05, 4.69) is 9.69 Å². The van der Waals surface area contributed by atoms with Crippen LogP contribution < -0.4 is 16.8 Å². The fourth-order valence-electron chi connectivity index (χ4n) is 3.48. The Hall–Kier alpha value is -3.72. The molecule has 0 aliphatic rings. The third-order valence-electron chi connectivity index (χ3n) is 5.06. The lowest BCUT2D eigenvalue weighted by Gasteiger charge is -2.33. The van der Waals surface area contributed by atoms with Crippen molar-refractivity contribution in [2.45, 2.75) is 45.8 Å². The maximum absolute atomic E-state index is 13.8. The second-order valence-electron chi connectivity index (χ2n) is 9.11. The van der Waals surface area contributed by atoms with Gasteiger partial charge in [-0.15, -0.1) is 0 Å². The molecule has 2 aromatic carbocycles. The summed E-state index contributed by atoms with van der Waals surface area (Å²) in [6, 6.07) is 15.8. The van der Waals surface area contributed by atoms with Crippen molar-refractivity contribution in [1.82, 2.24) is 14.6 Å². The van der Waals surface area contributed by atoms with E-state index >= 15 is 0 Å². The molecule has 0 fully saturated rings. The van der Waals surface area contributed by atoms with E-state index < -0.39 is 23.4 Å². The van der Waals surface area contributed by atoms with E-state index in [1.165, 1.54) is 4.90 Å². The first-order valence-electron chi connectivity index (χ1n) is 10.8. The minimum Gasteiger partial charge on any atom is -0.395 e. The predicted molar refractivity (Wildman–Crippen MR) is 133 cm³/mol. The Kier molecular flexibility index (Phi) is 7.36. The molecule has 3 aromatic rings. The summed E-state index contributed by atoms with van der Waals surface area (Å²) in [7, 11) is 0. The summed E-state index contributed by atoms with van der Waals surface area (Å²) in [6.07, 6.45) is 0. The Bertz CT molecular complexity index is 1180. The average Bonchev–Trinajstić information content (AvgIpc) is 3.15. The predicted octanol–water partition coefficient (Wildman–Crippen LogP) is 3.43. The molecule has 0 unspecified atom stereocenters. The van der Waals surface area contributed by atoms with Crippen molar-refractivity contribution in [2.24, 2.45) is 5.73 Å². The van der Waals surface area contributed by atoms with E-state index in [1.807, 2.05) is 82.3 Å². The van der Waals surface area contributed by atoms with E-state index in [4.69, 9.17) is 11.5 Å². The lowest BCUT2D eigenvalue weighted by Crippen LogP contribution is -2.49. The molecule has 5 N–H and O–H groups in total. The van der Waals surface area contributed by atoms with E-state index in [-0.39, 0.29) is 28.7 Å². The number of nitrogens with zero attached hydrogens (tertiary/aromatic N) is 2. The Labute approximate surface area is 203 Å². The fourth-order valence-corrected chi connectivity index (χ4v) is 4.24. The number of nitrogens with one attached hydrogen (secondary N) is 1. The van der Waals surface area contributed by atoms with Crippen molar-refractivity contribution in [2.75, 3.05) is 5.73 Å². The maximum atomic E-state index is 13.8. The lowest BCUT2D eigenvalue weighted by molar-refractivity contribution is -0.127. The number of anilines is 1.